The number of rotatable bonds is 3. The summed E-state index contributed by atoms with van der Waals surface area (Å²) in [4.78, 5) is 0. The van der Waals surface area contributed by atoms with Gasteiger partial charge in [-0.1, -0.05) is 44.9 Å². The zero-order valence-corrected chi connectivity index (χ0v) is 7.78. The normalized spacial score (nSPS) is 18.5. The molecule has 1 radical (unpaired) electrons. The van der Waals surface area contributed by atoms with Crippen molar-refractivity contribution in [2.24, 2.45) is 0 Å². The number of allylic oxidation sites excluding steroid dienone is 4. The van der Waals surface area contributed by atoms with Crippen LogP contribution in [0.5, 0.6) is 0 Å². The molecule has 0 nitrogen and oxygen atoms in total. The topological polar surface area (TPSA) is 0 Å². The average Bonchev–Trinajstić information content (AvgIpc) is 2.33. The minimum Gasteiger partial charge on any atom is -0.0731 e. The molecule has 0 heteroatoms. The molecule has 0 spiro atoms. The van der Waals surface area contributed by atoms with Crippen LogP contribution in [-0.2, 0) is 0 Å². The Hall–Kier alpha value is -0.520. The van der Waals surface area contributed by atoms with Crippen LogP contribution >= 0.6 is 0 Å². The van der Waals surface area contributed by atoms with Gasteiger partial charge in [0.15, 0.2) is 0 Å². The van der Waals surface area contributed by atoms with Gasteiger partial charge in [0.2, 0.25) is 0 Å². The van der Waals surface area contributed by atoms with E-state index in [2.05, 4.69) is 32.9 Å². The van der Waals surface area contributed by atoms with Crippen molar-refractivity contribution < 1.29 is 0 Å². The minimum absolute atomic E-state index is 1.19. The van der Waals surface area contributed by atoms with E-state index in [1.165, 1.54) is 25.2 Å². The highest BCUT2D eigenvalue weighted by atomic mass is 14.2. The smallest absolute Gasteiger partial charge is 0.0197 e. The quantitative estimate of drug-likeness (QED) is 0.574. The van der Waals surface area contributed by atoms with Crippen molar-refractivity contribution in [1.82, 2.24) is 0 Å². The second-order valence-corrected chi connectivity index (χ2v) is 3.12. The summed E-state index contributed by atoms with van der Waals surface area (Å²) in [6.07, 6.45) is 8.21. The zero-order chi connectivity index (χ0) is 8.27. The standard InChI is InChI=1S/C11H17/c1-4-6-10-8-7-9(3)11(10)5-2/h7-8H,4-6H2,1-3H3. The lowest BCUT2D eigenvalue weighted by atomic mass is 9.98. The van der Waals surface area contributed by atoms with E-state index in [9.17, 15) is 0 Å². The van der Waals surface area contributed by atoms with Crippen LogP contribution in [0.3, 0.4) is 0 Å². The van der Waals surface area contributed by atoms with Gasteiger partial charge in [-0.05, 0) is 18.4 Å². The van der Waals surface area contributed by atoms with E-state index in [-0.39, 0.29) is 0 Å². The second-order valence-electron chi connectivity index (χ2n) is 3.12. The van der Waals surface area contributed by atoms with Crippen molar-refractivity contribution in [3.63, 3.8) is 0 Å². The van der Waals surface area contributed by atoms with E-state index in [1.54, 1.807) is 11.1 Å². The summed E-state index contributed by atoms with van der Waals surface area (Å²) in [5, 5.41) is 0. The van der Waals surface area contributed by atoms with Crippen LogP contribution in [0, 0.1) is 5.92 Å². The average molecular weight is 149 g/mol. The molecular weight excluding hydrogens is 132 g/mol. The van der Waals surface area contributed by atoms with Gasteiger partial charge < -0.3 is 0 Å². The second kappa shape index (κ2) is 3.75. The van der Waals surface area contributed by atoms with Gasteiger partial charge in [-0.2, -0.15) is 0 Å². The lowest BCUT2D eigenvalue weighted by Crippen LogP contribution is -1.90. The van der Waals surface area contributed by atoms with Crippen LogP contribution in [-0.4, -0.2) is 0 Å². The van der Waals surface area contributed by atoms with E-state index in [1.807, 2.05) is 0 Å². The van der Waals surface area contributed by atoms with Crippen LogP contribution in [0.1, 0.15) is 40.0 Å². The summed E-state index contributed by atoms with van der Waals surface area (Å²) in [7, 11) is 0. The molecule has 11 heavy (non-hydrogen) atoms. The monoisotopic (exact) mass is 149 g/mol. The number of hydrogen-bond donors (Lipinski definition) is 0. The molecule has 0 fully saturated rings. The molecule has 1 aliphatic carbocycles. The van der Waals surface area contributed by atoms with Crippen LogP contribution < -0.4 is 0 Å². The largest absolute Gasteiger partial charge is 0.0731 e. The summed E-state index contributed by atoms with van der Waals surface area (Å²) >= 11 is 0. The summed E-state index contributed by atoms with van der Waals surface area (Å²) in [6.45, 7) is 6.68. The summed E-state index contributed by atoms with van der Waals surface area (Å²) in [6, 6.07) is 0. The lowest BCUT2D eigenvalue weighted by molar-refractivity contribution is 0.901. The molecule has 0 atom stereocenters. The van der Waals surface area contributed by atoms with Gasteiger partial charge >= 0.3 is 0 Å². The summed E-state index contributed by atoms with van der Waals surface area (Å²) in [5.74, 6) is 1.47. The van der Waals surface area contributed by atoms with Gasteiger partial charge in [0, 0.05) is 5.92 Å². The Morgan fingerprint density at radius 1 is 1.18 bits per heavy atom. The molecule has 1 aliphatic rings. The van der Waals surface area contributed by atoms with Gasteiger partial charge in [-0.3, -0.25) is 0 Å². The lowest BCUT2D eigenvalue weighted by Gasteiger charge is -2.07. The van der Waals surface area contributed by atoms with Crippen molar-refractivity contribution in [1.29, 1.82) is 0 Å². The first-order chi connectivity index (χ1) is 5.29. The van der Waals surface area contributed by atoms with Crippen molar-refractivity contribution in [2.75, 3.05) is 0 Å². The first-order valence-corrected chi connectivity index (χ1v) is 4.53. The zero-order valence-electron chi connectivity index (χ0n) is 7.78. The van der Waals surface area contributed by atoms with Crippen molar-refractivity contribution in [3.8, 4) is 0 Å². The van der Waals surface area contributed by atoms with Crippen molar-refractivity contribution in [2.45, 2.75) is 40.0 Å². The third-order valence-electron chi connectivity index (χ3n) is 2.27. The minimum atomic E-state index is 1.19. The predicted octanol–water partition coefficient (Wildman–Crippen LogP) is 3.66. The molecule has 0 N–H and O–H groups in total. The van der Waals surface area contributed by atoms with E-state index < -0.39 is 0 Å². The molecule has 0 saturated heterocycles. The van der Waals surface area contributed by atoms with E-state index in [0.29, 0.717) is 0 Å². The third kappa shape index (κ3) is 1.74. The van der Waals surface area contributed by atoms with Gasteiger partial charge in [0.05, 0.1) is 0 Å². The Labute approximate surface area is 70.0 Å². The van der Waals surface area contributed by atoms with Crippen LogP contribution in [0.25, 0.3) is 0 Å². The summed E-state index contributed by atoms with van der Waals surface area (Å²) in [5.41, 5.74) is 3.14. The fourth-order valence-electron chi connectivity index (χ4n) is 1.69. The Kier molecular flexibility index (Phi) is 2.92. The Bertz CT molecular complexity index is 184. The molecule has 0 aliphatic heterocycles. The molecule has 0 aromatic heterocycles. The van der Waals surface area contributed by atoms with Gasteiger partial charge in [0.1, 0.15) is 0 Å². The molecule has 0 aromatic rings. The van der Waals surface area contributed by atoms with Crippen LogP contribution in [0.4, 0.5) is 0 Å². The maximum atomic E-state index is 2.28. The highest BCUT2D eigenvalue weighted by Crippen LogP contribution is 2.31. The van der Waals surface area contributed by atoms with Crippen molar-refractivity contribution in [3.05, 3.63) is 29.2 Å². The number of hydrogen-bond acceptors (Lipinski definition) is 0. The predicted molar refractivity (Wildman–Crippen MR) is 50.3 cm³/mol. The first-order valence-electron chi connectivity index (χ1n) is 4.53. The molecule has 61 valence electrons. The fourth-order valence-corrected chi connectivity index (χ4v) is 1.69. The molecule has 1 rings (SSSR count). The molecule has 0 heterocycles. The maximum absolute atomic E-state index is 2.28. The van der Waals surface area contributed by atoms with Crippen molar-refractivity contribution >= 4 is 0 Å². The van der Waals surface area contributed by atoms with Crippen LogP contribution in [0.2, 0.25) is 0 Å². The van der Waals surface area contributed by atoms with Gasteiger partial charge in [-0.25, -0.2) is 0 Å². The maximum Gasteiger partial charge on any atom is 0.0197 e. The molecule has 0 saturated carbocycles. The molecule has 0 bridgehead atoms. The van der Waals surface area contributed by atoms with E-state index >= 15 is 0 Å². The molecular formula is C11H17. The van der Waals surface area contributed by atoms with Gasteiger partial charge in [-0.15, -0.1) is 0 Å². The summed E-state index contributed by atoms with van der Waals surface area (Å²) < 4.78 is 0. The Morgan fingerprint density at radius 2 is 1.91 bits per heavy atom. The fraction of sp³-hybridized carbons (Fsp3) is 0.545. The Morgan fingerprint density at radius 3 is 2.45 bits per heavy atom. The van der Waals surface area contributed by atoms with E-state index in [4.69, 9.17) is 0 Å². The molecule has 0 aromatic carbocycles. The molecule has 0 unspecified atom stereocenters. The van der Waals surface area contributed by atoms with Gasteiger partial charge in [0.25, 0.3) is 0 Å². The third-order valence-corrected chi connectivity index (χ3v) is 2.27. The Balaban J connectivity index is 2.70. The molecule has 0 amide bonds. The van der Waals surface area contributed by atoms with E-state index in [0.717, 1.165) is 0 Å². The first kappa shape index (κ1) is 8.58. The van der Waals surface area contributed by atoms with Crippen LogP contribution in [0.15, 0.2) is 23.3 Å². The highest BCUT2D eigenvalue weighted by Gasteiger charge is 2.13. The highest BCUT2D eigenvalue weighted by molar-refractivity contribution is 5.47. The SMILES string of the molecule is CCCC1=C(CC)[C](C)C=C1.